The van der Waals surface area contributed by atoms with Crippen molar-refractivity contribution >= 4 is 35.1 Å². The molecule has 7 heteroatoms. The largest absolute Gasteiger partial charge is 0.480 e. The molecule has 0 aliphatic heterocycles. The molecule has 0 aromatic rings. The lowest BCUT2D eigenvalue weighted by atomic mass is 10.3. The molecule has 0 bridgehead atoms. The second-order valence-electron chi connectivity index (χ2n) is 1.88. The van der Waals surface area contributed by atoms with Crippen molar-refractivity contribution in [3.05, 3.63) is 0 Å². The Bertz CT molecular complexity index is 184. The van der Waals surface area contributed by atoms with Crippen LogP contribution in [0.3, 0.4) is 0 Å². The Labute approximate surface area is 78.4 Å². The fourth-order valence-corrected chi connectivity index (χ4v) is 0.432. The summed E-state index contributed by atoms with van der Waals surface area (Å²) in [5.74, 6) is -2.17. The Morgan fingerprint density at radius 1 is 1.50 bits per heavy atom. The molecule has 12 heavy (non-hydrogen) atoms. The van der Waals surface area contributed by atoms with E-state index in [9.17, 15) is 9.59 Å². The number of carboxylic acid groups (broad SMARTS) is 1. The minimum Gasteiger partial charge on any atom is -0.480 e. The van der Waals surface area contributed by atoms with Crippen LogP contribution in [-0.4, -0.2) is 34.5 Å². The van der Waals surface area contributed by atoms with Crippen molar-refractivity contribution in [2.75, 3.05) is 6.61 Å². The van der Waals surface area contributed by atoms with E-state index in [4.69, 9.17) is 34.0 Å². The van der Waals surface area contributed by atoms with Gasteiger partial charge in [-0.25, -0.2) is 4.79 Å². The summed E-state index contributed by atoms with van der Waals surface area (Å²) >= 11 is 10.2. The molecule has 0 aromatic carbocycles. The monoisotopic (exact) mass is 215 g/mol. The Balaban J connectivity index is 3.69. The quantitative estimate of drug-likeness (QED) is 0.499. The molecule has 0 heterocycles. The lowest BCUT2D eigenvalue weighted by Gasteiger charge is -2.07. The number of carbonyl (C=O) groups is 2. The smallest absolute Gasteiger partial charge is 0.339 e. The van der Waals surface area contributed by atoms with E-state index in [2.05, 4.69) is 4.74 Å². The molecular formula is C5H7Cl2NO4. The van der Waals surface area contributed by atoms with Crippen molar-refractivity contribution in [1.29, 1.82) is 0 Å². The fraction of sp³-hybridized carbons (Fsp3) is 0.600. The Morgan fingerprint density at radius 2 is 2.00 bits per heavy atom. The van der Waals surface area contributed by atoms with Crippen LogP contribution in [0.1, 0.15) is 0 Å². The highest BCUT2D eigenvalue weighted by Crippen LogP contribution is 2.03. The molecule has 0 aromatic heterocycles. The number of carbonyl (C=O) groups excluding carboxylic acids is 1. The van der Waals surface area contributed by atoms with Crippen molar-refractivity contribution in [1.82, 2.24) is 0 Å². The zero-order valence-corrected chi connectivity index (χ0v) is 7.38. The summed E-state index contributed by atoms with van der Waals surface area (Å²) in [5, 5.41) is 8.25. The average Bonchev–Trinajstić information content (AvgIpc) is 1.98. The van der Waals surface area contributed by atoms with Crippen molar-refractivity contribution in [3.63, 3.8) is 0 Å². The van der Waals surface area contributed by atoms with Gasteiger partial charge in [-0.3, -0.25) is 4.79 Å². The first-order valence-electron chi connectivity index (χ1n) is 2.88. The number of nitrogens with two attached hydrogens (primary N) is 1. The predicted molar refractivity (Wildman–Crippen MR) is 42.1 cm³/mol. The zero-order chi connectivity index (χ0) is 9.72. The fourth-order valence-electron chi connectivity index (χ4n) is 0.306. The number of alkyl halides is 2. The number of carboxylic acids is 1. The van der Waals surface area contributed by atoms with E-state index >= 15 is 0 Å². The summed E-state index contributed by atoms with van der Waals surface area (Å²) in [4.78, 5) is 19.3. The van der Waals surface area contributed by atoms with Crippen LogP contribution in [-0.2, 0) is 14.3 Å². The third kappa shape index (κ3) is 4.38. The van der Waals surface area contributed by atoms with Crippen LogP contribution in [0.4, 0.5) is 0 Å². The van der Waals surface area contributed by atoms with Crippen molar-refractivity contribution in [3.8, 4) is 0 Å². The SMILES string of the molecule is NC(COC(=O)C(Cl)Cl)C(=O)O. The summed E-state index contributed by atoms with van der Waals surface area (Å²) in [6.07, 6.45) is 0. The highest BCUT2D eigenvalue weighted by atomic mass is 35.5. The zero-order valence-electron chi connectivity index (χ0n) is 5.87. The van der Waals surface area contributed by atoms with Gasteiger partial charge in [-0.05, 0) is 0 Å². The number of halogens is 2. The van der Waals surface area contributed by atoms with Gasteiger partial charge in [0.05, 0.1) is 0 Å². The molecule has 3 N–H and O–H groups in total. The normalized spacial score (nSPS) is 12.7. The van der Waals surface area contributed by atoms with Crippen LogP contribution in [0.15, 0.2) is 0 Å². The van der Waals surface area contributed by atoms with Crippen molar-refractivity contribution < 1.29 is 19.4 Å². The van der Waals surface area contributed by atoms with Crippen LogP contribution in [0.5, 0.6) is 0 Å². The Morgan fingerprint density at radius 3 is 2.33 bits per heavy atom. The van der Waals surface area contributed by atoms with Gasteiger partial charge in [0.25, 0.3) is 0 Å². The molecule has 1 atom stereocenters. The van der Waals surface area contributed by atoms with Gasteiger partial charge in [0.1, 0.15) is 12.6 Å². The Kier molecular flexibility index (Phi) is 4.96. The molecule has 1 unspecified atom stereocenters. The predicted octanol–water partition coefficient (Wildman–Crippen LogP) is -0.255. The minimum atomic E-state index is -1.31. The van der Waals surface area contributed by atoms with E-state index in [1.165, 1.54) is 0 Å². The number of esters is 1. The van der Waals surface area contributed by atoms with Gasteiger partial charge < -0.3 is 15.6 Å². The van der Waals surface area contributed by atoms with E-state index < -0.39 is 29.4 Å². The molecular weight excluding hydrogens is 209 g/mol. The summed E-state index contributed by atoms with van der Waals surface area (Å²) in [5.41, 5.74) is 5.00. The van der Waals surface area contributed by atoms with Gasteiger partial charge >= 0.3 is 11.9 Å². The molecule has 0 aliphatic carbocycles. The van der Waals surface area contributed by atoms with Gasteiger partial charge in [-0.15, -0.1) is 0 Å². The van der Waals surface area contributed by atoms with E-state index in [0.29, 0.717) is 0 Å². The van der Waals surface area contributed by atoms with Crippen LogP contribution in [0, 0.1) is 0 Å². The van der Waals surface area contributed by atoms with Crippen molar-refractivity contribution in [2.24, 2.45) is 5.73 Å². The van der Waals surface area contributed by atoms with Gasteiger partial charge in [-0.1, -0.05) is 23.2 Å². The highest BCUT2D eigenvalue weighted by molar-refractivity contribution is 6.52. The van der Waals surface area contributed by atoms with Gasteiger partial charge in [0.2, 0.25) is 4.84 Å². The molecule has 0 aliphatic rings. The standard InChI is InChI=1S/C5H7Cl2NO4/c6-3(7)5(11)12-1-2(8)4(9)10/h2-3H,1,8H2,(H,9,10). The number of aliphatic carboxylic acids is 1. The summed E-state index contributed by atoms with van der Waals surface area (Å²) < 4.78 is 4.32. The van der Waals surface area contributed by atoms with Crippen LogP contribution < -0.4 is 5.73 Å². The minimum absolute atomic E-state index is 0.440. The highest BCUT2D eigenvalue weighted by Gasteiger charge is 2.17. The maximum Gasteiger partial charge on any atom is 0.339 e. The first kappa shape index (κ1) is 11.5. The van der Waals surface area contributed by atoms with E-state index in [0.717, 1.165) is 0 Å². The maximum absolute atomic E-state index is 10.5. The molecule has 0 amide bonds. The Hall–Kier alpha value is -0.520. The van der Waals surface area contributed by atoms with Gasteiger partial charge in [-0.2, -0.15) is 0 Å². The second-order valence-corrected chi connectivity index (χ2v) is 2.97. The molecule has 0 rings (SSSR count). The van der Waals surface area contributed by atoms with Crippen LogP contribution in [0.2, 0.25) is 0 Å². The molecule has 0 saturated carbocycles. The molecule has 0 saturated heterocycles. The van der Waals surface area contributed by atoms with Gasteiger partial charge in [0.15, 0.2) is 0 Å². The van der Waals surface area contributed by atoms with Crippen molar-refractivity contribution in [2.45, 2.75) is 10.9 Å². The third-order valence-corrected chi connectivity index (χ3v) is 1.26. The third-order valence-electron chi connectivity index (χ3n) is 0.901. The van der Waals surface area contributed by atoms with Crippen LogP contribution in [0.25, 0.3) is 0 Å². The van der Waals surface area contributed by atoms with E-state index in [1.807, 2.05) is 0 Å². The molecule has 0 fully saturated rings. The lowest BCUT2D eigenvalue weighted by Crippen LogP contribution is -2.36. The average molecular weight is 216 g/mol. The molecule has 0 spiro atoms. The van der Waals surface area contributed by atoms with E-state index in [1.54, 1.807) is 0 Å². The lowest BCUT2D eigenvalue weighted by molar-refractivity contribution is -0.146. The first-order chi connectivity index (χ1) is 5.45. The number of hydrogen-bond acceptors (Lipinski definition) is 4. The topological polar surface area (TPSA) is 89.6 Å². The summed E-state index contributed by atoms with van der Waals surface area (Å²) in [6.45, 7) is -0.440. The van der Waals surface area contributed by atoms with E-state index in [-0.39, 0.29) is 0 Å². The van der Waals surface area contributed by atoms with Crippen LogP contribution >= 0.6 is 23.2 Å². The summed E-state index contributed by atoms with van der Waals surface area (Å²) in [6, 6.07) is -1.25. The molecule has 70 valence electrons. The molecule has 0 radical (unpaired) electrons. The number of hydrogen-bond donors (Lipinski definition) is 2. The first-order valence-corrected chi connectivity index (χ1v) is 3.75. The number of ether oxygens (including phenoxy) is 1. The second kappa shape index (κ2) is 5.18. The van der Waals surface area contributed by atoms with Gasteiger partial charge in [0, 0.05) is 0 Å². The maximum atomic E-state index is 10.5. The number of rotatable bonds is 4. The molecule has 5 nitrogen and oxygen atoms in total. The summed E-state index contributed by atoms with van der Waals surface area (Å²) in [7, 11) is 0.